The molecule has 0 saturated heterocycles. The van der Waals surface area contributed by atoms with Gasteiger partial charge in [-0.1, -0.05) is 6.07 Å². The molecular formula is C15H18F2O4. The van der Waals surface area contributed by atoms with E-state index in [1.807, 2.05) is 0 Å². The SMILES string of the molecule is CCOC(=O)C(C)(Cc1ccc(F)cc1F)C(=O)OCC. The van der Waals surface area contributed by atoms with Crippen molar-refractivity contribution in [1.82, 2.24) is 0 Å². The Morgan fingerprint density at radius 1 is 1.10 bits per heavy atom. The van der Waals surface area contributed by atoms with E-state index in [9.17, 15) is 18.4 Å². The van der Waals surface area contributed by atoms with E-state index < -0.39 is 29.0 Å². The quantitative estimate of drug-likeness (QED) is 0.598. The van der Waals surface area contributed by atoms with Gasteiger partial charge in [-0.2, -0.15) is 0 Å². The maximum absolute atomic E-state index is 13.7. The van der Waals surface area contributed by atoms with E-state index in [1.54, 1.807) is 13.8 Å². The molecule has 116 valence electrons. The van der Waals surface area contributed by atoms with Gasteiger partial charge >= 0.3 is 11.9 Å². The highest BCUT2D eigenvalue weighted by Gasteiger charge is 2.44. The molecular weight excluding hydrogens is 282 g/mol. The third-order valence-electron chi connectivity index (χ3n) is 3.01. The van der Waals surface area contributed by atoms with Crippen molar-refractivity contribution >= 4 is 11.9 Å². The molecule has 0 unspecified atom stereocenters. The highest BCUT2D eigenvalue weighted by Crippen LogP contribution is 2.28. The zero-order chi connectivity index (χ0) is 16.0. The summed E-state index contributed by atoms with van der Waals surface area (Å²) in [5.41, 5.74) is -1.63. The van der Waals surface area contributed by atoms with Crippen LogP contribution in [0, 0.1) is 17.0 Å². The summed E-state index contributed by atoms with van der Waals surface area (Å²) in [7, 11) is 0. The number of ether oxygens (including phenoxy) is 2. The van der Waals surface area contributed by atoms with E-state index in [1.165, 1.54) is 13.0 Å². The molecule has 0 bridgehead atoms. The summed E-state index contributed by atoms with van der Waals surface area (Å²) < 4.78 is 36.4. The fraction of sp³-hybridized carbons (Fsp3) is 0.467. The zero-order valence-corrected chi connectivity index (χ0v) is 12.2. The van der Waals surface area contributed by atoms with Gasteiger partial charge in [0.2, 0.25) is 0 Å². The number of hydrogen-bond acceptors (Lipinski definition) is 4. The molecule has 0 spiro atoms. The molecule has 0 aliphatic heterocycles. The van der Waals surface area contributed by atoms with Crippen LogP contribution >= 0.6 is 0 Å². The highest BCUT2D eigenvalue weighted by atomic mass is 19.1. The molecule has 0 heterocycles. The second kappa shape index (κ2) is 7.15. The molecule has 4 nitrogen and oxygen atoms in total. The Hall–Kier alpha value is -1.98. The van der Waals surface area contributed by atoms with Crippen LogP contribution in [0.2, 0.25) is 0 Å². The number of carbonyl (C=O) groups is 2. The lowest BCUT2D eigenvalue weighted by atomic mass is 9.83. The van der Waals surface area contributed by atoms with Gasteiger partial charge in [0.25, 0.3) is 0 Å². The van der Waals surface area contributed by atoms with Crippen molar-refractivity contribution < 1.29 is 27.8 Å². The van der Waals surface area contributed by atoms with Crippen LogP contribution in [0.3, 0.4) is 0 Å². The summed E-state index contributed by atoms with van der Waals surface area (Å²) in [5, 5.41) is 0. The summed E-state index contributed by atoms with van der Waals surface area (Å²) >= 11 is 0. The van der Waals surface area contributed by atoms with Crippen molar-refractivity contribution in [2.45, 2.75) is 27.2 Å². The van der Waals surface area contributed by atoms with Crippen molar-refractivity contribution in [3.63, 3.8) is 0 Å². The molecule has 0 aromatic heterocycles. The lowest BCUT2D eigenvalue weighted by Crippen LogP contribution is -2.41. The van der Waals surface area contributed by atoms with E-state index >= 15 is 0 Å². The van der Waals surface area contributed by atoms with Crippen LogP contribution < -0.4 is 0 Å². The molecule has 0 amide bonds. The second-order valence-corrected chi connectivity index (χ2v) is 4.69. The third kappa shape index (κ3) is 4.00. The van der Waals surface area contributed by atoms with Gasteiger partial charge in [-0.15, -0.1) is 0 Å². The van der Waals surface area contributed by atoms with Gasteiger partial charge in [0, 0.05) is 12.5 Å². The van der Waals surface area contributed by atoms with Gasteiger partial charge in [0.05, 0.1) is 13.2 Å². The van der Waals surface area contributed by atoms with Crippen molar-refractivity contribution in [2.24, 2.45) is 5.41 Å². The van der Waals surface area contributed by atoms with Crippen LogP contribution in [0.15, 0.2) is 18.2 Å². The van der Waals surface area contributed by atoms with Crippen LogP contribution in [-0.4, -0.2) is 25.2 Å². The number of esters is 2. The summed E-state index contributed by atoms with van der Waals surface area (Å²) in [6.45, 7) is 4.69. The van der Waals surface area contributed by atoms with Crippen molar-refractivity contribution in [3.8, 4) is 0 Å². The fourth-order valence-corrected chi connectivity index (χ4v) is 1.85. The van der Waals surface area contributed by atoms with E-state index in [0.717, 1.165) is 6.07 Å². The molecule has 0 aliphatic rings. The minimum Gasteiger partial charge on any atom is -0.465 e. The number of halogens is 2. The molecule has 0 radical (unpaired) electrons. The molecule has 1 aromatic rings. The van der Waals surface area contributed by atoms with Crippen LogP contribution in [-0.2, 0) is 25.5 Å². The monoisotopic (exact) mass is 300 g/mol. The first-order valence-corrected chi connectivity index (χ1v) is 6.63. The number of carbonyl (C=O) groups excluding carboxylic acids is 2. The standard InChI is InChI=1S/C15H18F2O4/c1-4-20-13(18)15(3,14(19)21-5-2)9-10-6-7-11(16)8-12(10)17/h6-8H,4-5,9H2,1-3H3. The molecule has 1 aromatic carbocycles. The summed E-state index contributed by atoms with van der Waals surface area (Å²) in [6, 6.07) is 2.96. The predicted molar refractivity (Wildman–Crippen MR) is 71.4 cm³/mol. The molecule has 1 rings (SSSR count). The Labute approximate surface area is 122 Å². The molecule has 21 heavy (non-hydrogen) atoms. The van der Waals surface area contributed by atoms with E-state index in [2.05, 4.69) is 0 Å². The van der Waals surface area contributed by atoms with E-state index in [-0.39, 0.29) is 25.2 Å². The first-order chi connectivity index (χ1) is 9.85. The predicted octanol–water partition coefficient (Wildman–Crippen LogP) is 2.64. The topological polar surface area (TPSA) is 52.6 Å². The van der Waals surface area contributed by atoms with Crippen LogP contribution in [0.4, 0.5) is 8.78 Å². The molecule has 0 saturated carbocycles. The Bertz CT molecular complexity index is 510. The average molecular weight is 300 g/mol. The third-order valence-corrected chi connectivity index (χ3v) is 3.01. The lowest BCUT2D eigenvalue weighted by molar-refractivity contribution is -0.170. The molecule has 0 N–H and O–H groups in total. The Morgan fingerprint density at radius 2 is 1.62 bits per heavy atom. The molecule has 0 atom stereocenters. The summed E-state index contributed by atoms with van der Waals surface area (Å²) in [5.74, 6) is -3.15. The van der Waals surface area contributed by atoms with Gasteiger partial charge < -0.3 is 9.47 Å². The fourth-order valence-electron chi connectivity index (χ4n) is 1.85. The Kier molecular flexibility index (Phi) is 5.81. The first-order valence-electron chi connectivity index (χ1n) is 6.63. The van der Waals surface area contributed by atoms with Crippen LogP contribution in [0.25, 0.3) is 0 Å². The Morgan fingerprint density at radius 3 is 2.05 bits per heavy atom. The largest absolute Gasteiger partial charge is 0.465 e. The van der Waals surface area contributed by atoms with Crippen molar-refractivity contribution in [1.29, 1.82) is 0 Å². The number of benzene rings is 1. The number of hydrogen-bond donors (Lipinski definition) is 0. The molecule has 6 heteroatoms. The second-order valence-electron chi connectivity index (χ2n) is 4.69. The average Bonchev–Trinajstić information content (AvgIpc) is 2.42. The van der Waals surface area contributed by atoms with Crippen molar-refractivity contribution in [2.75, 3.05) is 13.2 Å². The highest BCUT2D eigenvalue weighted by molar-refractivity contribution is 5.99. The van der Waals surface area contributed by atoms with Gasteiger partial charge in [0.1, 0.15) is 11.6 Å². The minimum atomic E-state index is -1.68. The van der Waals surface area contributed by atoms with Gasteiger partial charge in [0.15, 0.2) is 5.41 Å². The smallest absolute Gasteiger partial charge is 0.323 e. The van der Waals surface area contributed by atoms with Gasteiger partial charge in [-0.3, -0.25) is 9.59 Å². The Balaban J connectivity index is 3.12. The van der Waals surface area contributed by atoms with Gasteiger partial charge in [-0.25, -0.2) is 8.78 Å². The van der Waals surface area contributed by atoms with Crippen molar-refractivity contribution in [3.05, 3.63) is 35.4 Å². The maximum atomic E-state index is 13.7. The maximum Gasteiger partial charge on any atom is 0.323 e. The van der Waals surface area contributed by atoms with Gasteiger partial charge in [-0.05, 0) is 32.4 Å². The van der Waals surface area contributed by atoms with E-state index in [4.69, 9.17) is 9.47 Å². The minimum absolute atomic E-state index is 0.0417. The first kappa shape index (κ1) is 17.1. The summed E-state index contributed by atoms with van der Waals surface area (Å²) in [4.78, 5) is 24.1. The summed E-state index contributed by atoms with van der Waals surface area (Å²) in [6.07, 6.45) is -0.267. The van der Waals surface area contributed by atoms with Crippen LogP contribution in [0.5, 0.6) is 0 Å². The normalized spacial score (nSPS) is 11.1. The number of rotatable bonds is 6. The molecule has 0 aliphatic carbocycles. The van der Waals surface area contributed by atoms with Crippen LogP contribution in [0.1, 0.15) is 26.3 Å². The molecule has 0 fully saturated rings. The zero-order valence-electron chi connectivity index (χ0n) is 12.2. The lowest BCUT2D eigenvalue weighted by Gasteiger charge is -2.25. The van der Waals surface area contributed by atoms with E-state index in [0.29, 0.717) is 6.07 Å².